The minimum atomic E-state index is -0.402. The first kappa shape index (κ1) is 14.1. The summed E-state index contributed by atoms with van der Waals surface area (Å²) in [6.07, 6.45) is 0.189. The monoisotopic (exact) mass is 243 g/mol. The lowest BCUT2D eigenvalue weighted by molar-refractivity contribution is 0.182. The van der Waals surface area contributed by atoms with E-state index < -0.39 is 17.7 Å². The van der Waals surface area contributed by atoms with Crippen molar-refractivity contribution >= 4 is 0 Å². The van der Waals surface area contributed by atoms with E-state index in [9.17, 15) is 8.78 Å². The van der Waals surface area contributed by atoms with Crippen LogP contribution in [0.3, 0.4) is 0 Å². The van der Waals surface area contributed by atoms with Crippen LogP contribution in [0.5, 0.6) is 0 Å². The number of hydrogen-bond acceptors (Lipinski definition) is 2. The normalized spacial score (nSPS) is 14.7. The number of rotatable bonds is 5. The molecular weight excluding hydrogens is 224 g/mol. The molecule has 17 heavy (non-hydrogen) atoms. The van der Waals surface area contributed by atoms with Crippen LogP contribution in [0.15, 0.2) is 12.1 Å². The molecular formula is C13H19F2NO. The van der Waals surface area contributed by atoms with E-state index in [2.05, 4.69) is 5.32 Å². The van der Waals surface area contributed by atoms with E-state index in [1.54, 1.807) is 13.8 Å². The molecule has 0 spiro atoms. The van der Waals surface area contributed by atoms with Crippen molar-refractivity contribution in [2.75, 3.05) is 6.54 Å². The van der Waals surface area contributed by atoms with Crippen LogP contribution in [0.4, 0.5) is 8.78 Å². The lowest BCUT2D eigenvalue weighted by Gasteiger charge is -2.16. The SMILES string of the molecule is Cc1cc(F)c(C(C)NCCC(C)O)cc1F. The standard InChI is InChI=1S/C13H19F2NO/c1-8-6-13(15)11(7-12(8)14)10(3)16-5-4-9(2)17/h6-7,9-10,16-17H,4-5H2,1-3H3. The Kier molecular flexibility index (Phi) is 5.02. The number of halogens is 2. The molecule has 0 heterocycles. The van der Waals surface area contributed by atoms with E-state index in [1.165, 1.54) is 19.1 Å². The van der Waals surface area contributed by atoms with Crippen molar-refractivity contribution in [3.8, 4) is 0 Å². The topological polar surface area (TPSA) is 32.3 Å². The highest BCUT2D eigenvalue weighted by molar-refractivity contribution is 5.27. The second-order valence-electron chi connectivity index (χ2n) is 4.44. The number of nitrogens with one attached hydrogen (secondary N) is 1. The van der Waals surface area contributed by atoms with Crippen LogP contribution in [0.2, 0.25) is 0 Å². The lowest BCUT2D eigenvalue weighted by Crippen LogP contribution is -2.23. The third-order valence-electron chi connectivity index (χ3n) is 2.76. The summed E-state index contributed by atoms with van der Waals surface area (Å²) in [4.78, 5) is 0. The van der Waals surface area contributed by atoms with Crippen LogP contribution < -0.4 is 5.32 Å². The molecule has 0 saturated carbocycles. The molecule has 0 aliphatic rings. The van der Waals surface area contributed by atoms with Crippen molar-refractivity contribution in [1.29, 1.82) is 0 Å². The summed E-state index contributed by atoms with van der Waals surface area (Å²) >= 11 is 0. The summed E-state index contributed by atoms with van der Waals surface area (Å²) in [5.41, 5.74) is 0.626. The third-order valence-corrected chi connectivity index (χ3v) is 2.76. The minimum Gasteiger partial charge on any atom is -0.393 e. The van der Waals surface area contributed by atoms with Gasteiger partial charge in [0.05, 0.1) is 6.10 Å². The average molecular weight is 243 g/mol. The number of benzene rings is 1. The highest BCUT2D eigenvalue weighted by atomic mass is 19.1. The summed E-state index contributed by atoms with van der Waals surface area (Å²) in [5.74, 6) is -0.800. The molecule has 0 amide bonds. The molecule has 1 aromatic rings. The molecule has 2 N–H and O–H groups in total. The van der Waals surface area contributed by atoms with Crippen molar-refractivity contribution in [3.63, 3.8) is 0 Å². The average Bonchev–Trinajstić information content (AvgIpc) is 2.22. The molecule has 96 valence electrons. The largest absolute Gasteiger partial charge is 0.393 e. The fourth-order valence-electron chi connectivity index (χ4n) is 1.61. The Bertz CT molecular complexity index is 380. The maximum atomic E-state index is 13.6. The molecule has 2 atom stereocenters. The highest BCUT2D eigenvalue weighted by Gasteiger charge is 2.13. The van der Waals surface area contributed by atoms with Gasteiger partial charge in [-0.25, -0.2) is 8.78 Å². The number of aryl methyl sites for hydroxylation is 1. The second kappa shape index (κ2) is 6.07. The van der Waals surface area contributed by atoms with Gasteiger partial charge >= 0.3 is 0 Å². The van der Waals surface area contributed by atoms with Crippen LogP contribution in [-0.2, 0) is 0 Å². The van der Waals surface area contributed by atoms with Crippen LogP contribution in [0.25, 0.3) is 0 Å². The molecule has 0 aromatic heterocycles. The molecule has 2 nitrogen and oxygen atoms in total. The molecule has 1 rings (SSSR count). The van der Waals surface area contributed by atoms with Gasteiger partial charge in [0.2, 0.25) is 0 Å². The highest BCUT2D eigenvalue weighted by Crippen LogP contribution is 2.20. The minimum absolute atomic E-state index is 0.274. The number of aliphatic hydroxyl groups excluding tert-OH is 1. The van der Waals surface area contributed by atoms with Crippen LogP contribution in [0, 0.1) is 18.6 Å². The third kappa shape index (κ3) is 4.06. The van der Waals surface area contributed by atoms with Gasteiger partial charge in [0.25, 0.3) is 0 Å². The Balaban J connectivity index is 2.68. The van der Waals surface area contributed by atoms with Gasteiger partial charge in [0.1, 0.15) is 11.6 Å². The molecule has 0 saturated heterocycles. The predicted octanol–water partition coefficient (Wildman–Crippen LogP) is 2.69. The van der Waals surface area contributed by atoms with E-state index >= 15 is 0 Å². The molecule has 0 radical (unpaired) electrons. The van der Waals surface area contributed by atoms with E-state index in [4.69, 9.17) is 5.11 Å². The second-order valence-corrected chi connectivity index (χ2v) is 4.44. The van der Waals surface area contributed by atoms with Crippen LogP contribution >= 0.6 is 0 Å². The molecule has 0 aliphatic heterocycles. The zero-order valence-electron chi connectivity index (χ0n) is 10.4. The van der Waals surface area contributed by atoms with Gasteiger partial charge < -0.3 is 10.4 Å². The fourth-order valence-corrected chi connectivity index (χ4v) is 1.61. The molecule has 0 aliphatic carbocycles. The van der Waals surface area contributed by atoms with E-state index in [1.807, 2.05) is 0 Å². The maximum Gasteiger partial charge on any atom is 0.128 e. The molecule has 0 fully saturated rings. The lowest BCUT2D eigenvalue weighted by atomic mass is 10.0. The Hall–Kier alpha value is -1.00. The van der Waals surface area contributed by atoms with Crippen molar-refractivity contribution in [2.45, 2.75) is 39.3 Å². The van der Waals surface area contributed by atoms with Gasteiger partial charge in [-0.05, 0) is 51.4 Å². The predicted molar refractivity (Wildman–Crippen MR) is 63.8 cm³/mol. The van der Waals surface area contributed by atoms with Gasteiger partial charge in [-0.15, -0.1) is 0 Å². The number of hydrogen-bond donors (Lipinski definition) is 2. The van der Waals surface area contributed by atoms with Gasteiger partial charge in [-0.1, -0.05) is 0 Å². The van der Waals surface area contributed by atoms with E-state index in [0.717, 1.165) is 0 Å². The van der Waals surface area contributed by atoms with E-state index in [-0.39, 0.29) is 6.04 Å². The van der Waals surface area contributed by atoms with E-state index in [0.29, 0.717) is 24.1 Å². The fraction of sp³-hybridized carbons (Fsp3) is 0.538. The summed E-state index contributed by atoms with van der Waals surface area (Å²) < 4.78 is 26.9. The zero-order valence-corrected chi connectivity index (χ0v) is 10.4. The van der Waals surface area contributed by atoms with Crippen molar-refractivity contribution in [2.24, 2.45) is 0 Å². The van der Waals surface area contributed by atoms with Crippen molar-refractivity contribution in [1.82, 2.24) is 5.32 Å². The first-order valence-corrected chi connectivity index (χ1v) is 5.78. The Labute approximate surface area is 101 Å². The maximum absolute atomic E-state index is 13.6. The summed E-state index contributed by atoms with van der Waals surface area (Å²) in [7, 11) is 0. The summed E-state index contributed by atoms with van der Waals surface area (Å²) in [6, 6.07) is 2.16. The van der Waals surface area contributed by atoms with Crippen molar-refractivity contribution < 1.29 is 13.9 Å². The van der Waals surface area contributed by atoms with Crippen molar-refractivity contribution in [3.05, 3.63) is 34.9 Å². The van der Waals surface area contributed by atoms with Gasteiger partial charge in [0, 0.05) is 11.6 Å². The summed E-state index contributed by atoms with van der Waals surface area (Å²) in [5, 5.41) is 12.1. The van der Waals surface area contributed by atoms with Crippen LogP contribution in [-0.4, -0.2) is 17.8 Å². The van der Waals surface area contributed by atoms with Gasteiger partial charge in [-0.2, -0.15) is 0 Å². The molecule has 0 bridgehead atoms. The molecule has 2 unspecified atom stereocenters. The van der Waals surface area contributed by atoms with Gasteiger partial charge in [-0.3, -0.25) is 0 Å². The Morgan fingerprint density at radius 2 is 1.88 bits per heavy atom. The first-order chi connectivity index (χ1) is 7.91. The summed E-state index contributed by atoms with van der Waals surface area (Å²) in [6.45, 7) is 5.56. The zero-order chi connectivity index (χ0) is 13.0. The molecule has 1 aromatic carbocycles. The van der Waals surface area contributed by atoms with Crippen LogP contribution in [0.1, 0.15) is 37.4 Å². The quantitative estimate of drug-likeness (QED) is 0.833. The first-order valence-electron chi connectivity index (χ1n) is 5.78. The number of aliphatic hydroxyl groups is 1. The Morgan fingerprint density at radius 1 is 1.24 bits per heavy atom. The van der Waals surface area contributed by atoms with Gasteiger partial charge in [0.15, 0.2) is 0 Å². The Morgan fingerprint density at radius 3 is 2.47 bits per heavy atom. The smallest absolute Gasteiger partial charge is 0.128 e. The molecule has 4 heteroatoms.